The summed E-state index contributed by atoms with van der Waals surface area (Å²) in [5.74, 6) is 0.334. The van der Waals surface area contributed by atoms with Crippen LogP contribution in [0.4, 0.5) is 5.69 Å². The van der Waals surface area contributed by atoms with E-state index in [9.17, 15) is 13.2 Å². The SMILES string of the molecule is COc1csc(C(=O)Nc2ccc(S(N)(=O)=O)cc2C)c1. The molecule has 0 saturated carbocycles. The van der Waals surface area contributed by atoms with Gasteiger partial charge < -0.3 is 10.1 Å². The molecule has 3 N–H and O–H groups in total. The average Bonchev–Trinajstić information content (AvgIpc) is 2.88. The molecule has 21 heavy (non-hydrogen) atoms. The number of carbonyl (C=O) groups is 1. The Morgan fingerprint density at radius 3 is 2.57 bits per heavy atom. The lowest BCUT2D eigenvalue weighted by molar-refractivity contribution is 0.103. The largest absolute Gasteiger partial charge is 0.496 e. The van der Waals surface area contributed by atoms with E-state index in [1.54, 1.807) is 18.4 Å². The summed E-state index contributed by atoms with van der Waals surface area (Å²) in [5, 5.41) is 9.51. The van der Waals surface area contributed by atoms with Crippen LogP contribution in [0.2, 0.25) is 0 Å². The van der Waals surface area contributed by atoms with Gasteiger partial charge in [-0.25, -0.2) is 13.6 Å². The molecule has 1 heterocycles. The van der Waals surface area contributed by atoms with Gasteiger partial charge in [-0.15, -0.1) is 11.3 Å². The van der Waals surface area contributed by atoms with Gasteiger partial charge in [-0.3, -0.25) is 4.79 Å². The molecule has 0 atom stereocenters. The second-order valence-electron chi connectivity index (χ2n) is 4.33. The summed E-state index contributed by atoms with van der Waals surface area (Å²) in [6, 6.07) is 5.92. The van der Waals surface area contributed by atoms with Crippen LogP contribution in [0.5, 0.6) is 5.75 Å². The third-order valence-corrected chi connectivity index (χ3v) is 4.63. The number of carbonyl (C=O) groups excluding carboxylic acids is 1. The van der Waals surface area contributed by atoms with Crippen molar-refractivity contribution < 1.29 is 17.9 Å². The molecule has 112 valence electrons. The molecular weight excluding hydrogens is 312 g/mol. The number of hydrogen-bond acceptors (Lipinski definition) is 5. The van der Waals surface area contributed by atoms with Crippen molar-refractivity contribution in [3.05, 3.63) is 40.1 Å². The van der Waals surface area contributed by atoms with Crippen molar-refractivity contribution in [2.24, 2.45) is 5.14 Å². The van der Waals surface area contributed by atoms with E-state index in [-0.39, 0.29) is 10.8 Å². The Morgan fingerprint density at radius 1 is 1.33 bits per heavy atom. The zero-order chi connectivity index (χ0) is 15.6. The summed E-state index contributed by atoms with van der Waals surface area (Å²) in [5.41, 5.74) is 1.14. The van der Waals surface area contributed by atoms with E-state index in [0.717, 1.165) is 0 Å². The van der Waals surface area contributed by atoms with Crippen molar-refractivity contribution in [1.82, 2.24) is 0 Å². The van der Waals surface area contributed by atoms with Crippen molar-refractivity contribution in [1.29, 1.82) is 0 Å². The fourth-order valence-electron chi connectivity index (χ4n) is 1.68. The number of ether oxygens (including phenoxy) is 1. The summed E-state index contributed by atoms with van der Waals surface area (Å²) < 4.78 is 27.5. The van der Waals surface area contributed by atoms with E-state index in [1.807, 2.05) is 0 Å². The van der Waals surface area contributed by atoms with Crippen LogP contribution in [0, 0.1) is 6.92 Å². The van der Waals surface area contributed by atoms with Crippen LogP contribution in [-0.4, -0.2) is 21.4 Å². The Balaban J connectivity index is 2.22. The molecule has 0 saturated heterocycles. The van der Waals surface area contributed by atoms with Crippen LogP contribution >= 0.6 is 11.3 Å². The van der Waals surface area contributed by atoms with Crippen molar-refractivity contribution in [3.8, 4) is 5.75 Å². The Morgan fingerprint density at radius 2 is 2.05 bits per heavy atom. The first-order valence-electron chi connectivity index (χ1n) is 5.88. The summed E-state index contributed by atoms with van der Waals surface area (Å²) in [7, 11) is -2.22. The smallest absolute Gasteiger partial charge is 0.265 e. The van der Waals surface area contributed by atoms with E-state index in [0.29, 0.717) is 21.9 Å². The minimum Gasteiger partial charge on any atom is -0.496 e. The molecule has 0 aliphatic rings. The molecule has 2 rings (SSSR count). The minimum atomic E-state index is -3.75. The standard InChI is InChI=1S/C13H14N2O4S2/c1-8-5-10(21(14,17)18)3-4-11(8)15-13(16)12-6-9(19-2)7-20-12/h3-7H,1-2H3,(H,15,16)(H2,14,17,18). The molecule has 0 unspecified atom stereocenters. The molecule has 0 spiro atoms. The number of methoxy groups -OCH3 is 1. The maximum atomic E-state index is 12.1. The van der Waals surface area contributed by atoms with Crippen LogP contribution in [0.15, 0.2) is 34.5 Å². The summed E-state index contributed by atoms with van der Waals surface area (Å²) in [4.78, 5) is 12.6. The Hall–Kier alpha value is -1.90. The minimum absolute atomic E-state index is 0.00999. The highest BCUT2D eigenvalue weighted by Gasteiger charge is 2.13. The van der Waals surface area contributed by atoms with Gasteiger partial charge in [0.05, 0.1) is 16.9 Å². The van der Waals surface area contributed by atoms with Gasteiger partial charge in [0, 0.05) is 17.1 Å². The van der Waals surface area contributed by atoms with Gasteiger partial charge in [-0.05, 0) is 30.7 Å². The molecule has 1 aromatic carbocycles. The molecule has 0 aliphatic carbocycles. The lowest BCUT2D eigenvalue weighted by atomic mass is 10.2. The molecule has 1 amide bonds. The number of amides is 1. The number of nitrogens with one attached hydrogen (secondary N) is 1. The van der Waals surface area contributed by atoms with Gasteiger partial charge in [0.1, 0.15) is 5.75 Å². The monoisotopic (exact) mass is 326 g/mol. The van der Waals surface area contributed by atoms with Crippen LogP contribution in [0.25, 0.3) is 0 Å². The maximum absolute atomic E-state index is 12.1. The number of hydrogen-bond donors (Lipinski definition) is 2. The predicted octanol–water partition coefficient (Wildman–Crippen LogP) is 1.96. The topological polar surface area (TPSA) is 98.5 Å². The Labute approximate surface area is 126 Å². The van der Waals surface area contributed by atoms with E-state index in [2.05, 4.69) is 5.32 Å². The van der Waals surface area contributed by atoms with Crippen LogP contribution in [0.3, 0.4) is 0 Å². The van der Waals surface area contributed by atoms with Crippen LogP contribution in [0.1, 0.15) is 15.2 Å². The van der Waals surface area contributed by atoms with Gasteiger partial charge in [0.15, 0.2) is 0 Å². The molecule has 0 radical (unpaired) electrons. The summed E-state index contributed by atoms with van der Waals surface area (Å²) in [6.45, 7) is 1.69. The lowest BCUT2D eigenvalue weighted by Crippen LogP contribution is -2.14. The number of aryl methyl sites for hydroxylation is 1. The van der Waals surface area contributed by atoms with Crippen molar-refractivity contribution in [2.45, 2.75) is 11.8 Å². The zero-order valence-corrected chi connectivity index (χ0v) is 13.0. The number of sulfonamides is 1. The molecule has 0 fully saturated rings. The van der Waals surface area contributed by atoms with Crippen molar-refractivity contribution in [2.75, 3.05) is 12.4 Å². The van der Waals surface area contributed by atoms with Gasteiger partial charge >= 0.3 is 0 Å². The van der Waals surface area contributed by atoms with Gasteiger partial charge in [-0.1, -0.05) is 0 Å². The first-order valence-corrected chi connectivity index (χ1v) is 8.31. The number of rotatable bonds is 4. The molecule has 2 aromatic rings. The second kappa shape index (κ2) is 5.84. The second-order valence-corrected chi connectivity index (χ2v) is 6.80. The molecule has 1 aromatic heterocycles. The first kappa shape index (κ1) is 15.5. The quantitative estimate of drug-likeness (QED) is 0.897. The van der Waals surface area contributed by atoms with Gasteiger partial charge in [0.2, 0.25) is 10.0 Å². The molecule has 8 heteroatoms. The van der Waals surface area contributed by atoms with Gasteiger partial charge in [0.25, 0.3) is 5.91 Å². The number of nitrogens with two attached hydrogens (primary N) is 1. The van der Waals surface area contributed by atoms with Crippen molar-refractivity contribution in [3.63, 3.8) is 0 Å². The Bertz CT molecular complexity index is 781. The summed E-state index contributed by atoms with van der Waals surface area (Å²) in [6.07, 6.45) is 0. The third kappa shape index (κ3) is 3.60. The maximum Gasteiger partial charge on any atom is 0.265 e. The highest BCUT2D eigenvalue weighted by Crippen LogP contribution is 2.24. The van der Waals surface area contributed by atoms with Crippen molar-refractivity contribution >= 4 is 33.0 Å². The van der Waals surface area contributed by atoms with Gasteiger partial charge in [-0.2, -0.15) is 0 Å². The van der Waals surface area contributed by atoms with Crippen LogP contribution < -0.4 is 15.2 Å². The van der Waals surface area contributed by atoms with E-state index in [4.69, 9.17) is 9.88 Å². The van der Waals surface area contributed by atoms with Crippen LogP contribution in [-0.2, 0) is 10.0 Å². The third-order valence-electron chi connectivity index (χ3n) is 2.81. The number of benzene rings is 1. The zero-order valence-electron chi connectivity index (χ0n) is 11.4. The highest BCUT2D eigenvalue weighted by molar-refractivity contribution is 7.89. The highest BCUT2D eigenvalue weighted by atomic mass is 32.2. The molecule has 6 nitrogen and oxygen atoms in total. The summed E-state index contributed by atoms with van der Waals surface area (Å²) >= 11 is 1.26. The fourth-order valence-corrected chi connectivity index (χ4v) is 3.03. The lowest BCUT2D eigenvalue weighted by Gasteiger charge is -2.08. The molecular formula is C13H14N2O4S2. The number of anilines is 1. The predicted molar refractivity (Wildman–Crippen MR) is 81.4 cm³/mol. The van der Waals surface area contributed by atoms with E-state index in [1.165, 1.54) is 36.6 Å². The first-order chi connectivity index (χ1) is 9.81. The molecule has 0 bridgehead atoms. The normalized spacial score (nSPS) is 11.2. The fraction of sp³-hybridized carbons (Fsp3) is 0.154. The van der Waals surface area contributed by atoms with E-state index < -0.39 is 10.0 Å². The molecule has 0 aliphatic heterocycles. The average molecular weight is 326 g/mol. The Kier molecular flexibility index (Phi) is 4.31. The van der Waals surface area contributed by atoms with E-state index >= 15 is 0 Å². The number of thiophene rings is 1. The number of primary sulfonamides is 1.